The second-order valence-electron chi connectivity index (χ2n) is 3.17. The van der Waals surface area contributed by atoms with E-state index in [-0.39, 0.29) is 0 Å². The minimum Gasteiger partial charge on any atom is -0.383 e. The number of hydrogen-bond acceptors (Lipinski definition) is 5. The van der Waals surface area contributed by atoms with Gasteiger partial charge in [0.25, 0.3) is 0 Å². The molecule has 3 N–H and O–H groups in total. The number of aromatic nitrogens is 3. The van der Waals surface area contributed by atoms with Crippen molar-refractivity contribution >= 4 is 22.4 Å². The Bertz CT molecular complexity index is 394. The third kappa shape index (κ3) is 2.95. The van der Waals surface area contributed by atoms with Gasteiger partial charge in [0.15, 0.2) is 0 Å². The lowest BCUT2D eigenvalue weighted by atomic mass is 10.4. The number of hydrogen-bond donors (Lipinski definition) is 2. The lowest BCUT2D eigenvalue weighted by molar-refractivity contribution is 0.592. The zero-order valence-corrected chi connectivity index (χ0v) is 9.07. The van der Waals surface area contributed by atoms with Gasteiger partial charge in [-0.05, 0) is 24.0 Å². The zero-order valence-electron chi connectivity index (χ0n) is 8.26. The molecular weight excluding hydrogens is 210 g/mol. The summed E-state index contributed by atoms with van der Waals surface area (Å²) in [6.07, 6.45) is 4.78. The van der Waals surface area contributed by atoms with Crippen LogP contribution in [0.1, 0.15) is 6.42 Å². The fraction of sp³-hybridized carbons (Fsp3) is 0.333. The van der Waals surface area contributed by atoms with Gasteiger partial charge in [-0.3, -0.25) is 4.68 Å². The third-order valence-electron chi connectivity index (χ3n) is 1.95. The minimum absolute atomic E-state index is 0.578. The van der Waals surface area contributed by atoms with Gasteiger partial charge in [0, 0.05) is 31.5 Å². The first-order chi connectivity index (χ1) is 7.34. The van der Waals surface area contributed by atoms with E-state index in [1.54, 1.807) is 6.20 Å². The van der Waals surface area contributed by atoms with Crippen LogP contribution in [0.4, 0.5) is 10.8 Å². The van der Waals surface area contributed by atoms with Crippen LogP contribution in [-0.2, 0) is 6.54 Å². The monoisotopic (exact) mass is 223 g/mol. The van der Waals surface area contributed by atoms with Gasteiger partial charge in [-0.15, -0.1) is 0 Å². The first kappa shape index (κ1) is 9.97. The van der Waals surface area contributed by atoms with Gasteiger partial charge in [0.1, 0.15) is 10.8 Å². The highest BCUT2D eigenvalue weighted by Crippen LogP contribution is 2.16. The van der Waals surface area contributed by atoms with E-state index in [4.69, 9.17) is 5.73 Å². The summed E-state index contributed by atoms with van der Waals surface area (Å²) in [5, 5.41) is 8.41. The first-order valence-corrected chi connectivity index (χ1v) is 5.55. The molecule has 0 fully saturated rings. The second-order valence-corrected chi connectivity index (χ2v) is 3.97. The molecule has 0 saturated carbocycles. The maximum absolute atomic E-state index is 5.51. The molecule has 0 saturated heterocycles. The predicted molar refractivity (Wildman–Crippen MR) is 61.9 cm³/mol. The van der Waals surface area contributed by atoms with Crippen molar-refractivity contribution in [1.29, 1.82) is 0 Å². The first-order valence-electron chi connectivity index (χ1n) is 4.78. The Labute approximate surface area is 92.1 Å². The number of nitrogens with one attached hydrogen (secondary N) is 1. The average Bonchev–Trinajstić information content (AvgIpc) is 2.84. The van der Waals surface area contributed by atoms with Crippen LogP contribution in [0.15, 0.2) is 24.5 Å². The molecule has 6 heteroatoms. The molecule has 0 aliphatic carbocycles. The summed E-state index contributed by atoms with van der Waals surface area (Å²) in [6.45, 7) is 1.83. The van der Waals surface area contributed by atoms with Crippen LogP contribution in [0.2, 0.25) is 0 Å². The van der Waals surface area contributed by atoms with Crippen molar-refractivity contribution in [1.82, 2.24) is 14.2 Å². The van der Waals surface area contributed by atoms with Crippen LogP contribution in [0.3, 0.4) is 0 Å². The smallest absolute Gasteiger partial charge is 0.139 e. The fourth-order valence-corrected chi connectivity index (χ4v) is 1.85. The Hall–Kier alpha value is -1.56. The maximum Gasteiger partial charge on any atom is 0.139 e. The van der Waals surface area contributed by atoms with E-state index >= 15 is 0 Å². The van der Waals surface area contributed by atoms with Gasteiger partial charge in [-0.25, -0.2) is 0 Å². The van der Waals surface area contributed by atoms with Gasteiger partial charge in [0.05, 0.1) is 0 Å². The summed E-state index contributed by atoms with van der Waals surface area (Å²) in [4.78, 5) is 0. The number of rotatable bonds is 5. The van der Waals surface area contributed by atoms with Crippen LogP contribution >= 0.6 is 11.5 Å². The lowest BCUT2D eigenvalue weighted by Crippen LogP contribution is -2.06. The van der Waals surface area contributed by atoms with Crippen LogP contribution in [0, 0.1) is 0 Å². The molecule has 0 spiro atoms. The molecule has 0 aliphatic rings. The maximum atomic E-state index is 5.51. The molecule has 2 aromatic rings. The highest BCUT2D eigenvalue weighted by molar-refractivity contribution is 7.10. The molecule has 2 aromatic heterocycles. The van der Waals surface area contributed by atoms with Crippen molar-refractivity contribution in [2.24, 2.45) is 0 Å². The number of nitrogens with zero attached hydrogens (tertiary/aromatic N) is 3. The zero-order chi connectivity index (χ0) is 10.5. The average molecular weight is 223 g/mol. The van der Waals surface area contributed by atoms with Crippen molar-refractivity contribution in [2.45, 2.75) is 13.0 Å². The number of nitrogen functional groups attached to an aromatic ring is 1. The molecule has 0 aliphatic heterocycles. The molecular formula is C9H13N5S. The normalized spacial score (nSPS) is 10.4. The standard InChI is InChI=1S/C9H13N5S/c10-8-7-9(15-13-8)11-3-1-5-14-6-2-4-12-14/h2,4,6-7,11H,1,3,5H2,(H2,10,13). The minimum atomic E-state index is 0.578. The second kappa shape index (κ2) is 4.79. The van der Waals surface area contributed by atoms with E-state index in [0.29, 0.717) is 5.82 Å². The van der Waals surface area contributed by atoms with E-state index in [9.17, 15) is 0 Å². The van der Waals surface area contributed by atoms with E-state index in [1.807, 2.05) is 23.0 Å². The SMILES string of the molecule is Nc1cc(NCCCn2cccn2)sn1. The molecule has 0 aromatic carbocycles. The van der Waals surface area contributed by atoms with E-state index in [1.165, 1.54) is 11.5 Å². The van der Waals surface area contributed by atoms with E-state index in [2.05, 4.69) is 14.8 Å². The van der Waals surface area contributed by atoms with Gasteiger partial charge >= 0.3 is 0 Å². The molecule has 2 heterocycles. The Balaban J connectivity index is 1.67. The lowest BCUT2D eigenvalue weighted by Gasteiger charge is -2.02. The molecule has 0 atom stereocenters. The van der Waals surface area contributed by atoms with Gasteiger partial charge in [-0.2, -0.15) is 9.47 Å². The highest BCUT2D eigenvalue weighted by atomic mass is 32.1. The topological polar surface area (TPSA) is 68.8 Å². The van der Waals surface area contributed by atoms with Crippen molar-refractivity contribution in [2.75, 3.05) is 17.6 Å². The number of anilines is 2. The van der Waals surface area contributed by atoms with Gasteiger partial charge in [-0.1, -0.05) is 0 Å². The van der Waals surface area contributed by atoms with E-state index in [0.717, 1.165) is 24.5 Å². The predicted octanol–water partition coefficient (Wildman–Crippen LogP) is 1.42. The van der Waals surface area contributed by atoms with Crippen molar-refractivity contribution in [3.8, 4) is 0 Å². The highest BCUT2D eigenvalue weighted by Gasteiger charge is 1.97. The molecule has 5 nitrogen and oxygen atoms in total. The molecule has 0 unspecified atom stereocenters. The molecule has 0 radical (unpaired) electrons. The fourth-order valence-electron chi connectivity index (χ4n) is 1.26. The van der Waals surface area contributed by atoms with Gasteiger partial charge in [0.2, 0.25) is 0 Å². The largest absolute Gasteiger partial charge is 0.383 e. The van der Waals surface area contributed by atoms with Crippen molar-refractivity contribution in [3.05, 3.63) is 24.5 Å². The summed E-state index contributed by atoms with van der Waals surface area (Å²) in [5.74, 6) is 0.578. The molecule has 15 heavy (non-hydrogen) atoms. The summed E-state index contributed by atoms with van der Waals surface area (Å²) >= 11 is 1.39. The Morgan fingerprint density at radius 2 is 2.47 bits per heavy atom. The Morgan fingerprint density at radius 1 is 1.53 bits per heavy atom. The van der Waals surface area contributed by atoms with Crippen LogP contribution < -0.4 is 11.1 Å². The number of nitrogens with two attached hydrogens (primary N) is 1. The third-order valence-corrected chi connectivity index (χ3v) is 2.71. The van der Waals surface area contributed by atoms with E-state index < -0.39 is 0 Å². The Morgan fingerprint density at radius 3 is 3.13 bits per heavy atom. The van der Waals surface area contributed by atoms with Crippen molar-refractivity contribution in [3.63, 3.8) is 0 Å². The van der Waals surface area contributed by atoms with Crippen LogP contribution in [-0.4, -0.2) is 20.7 Å². The van der Waals surface area contributed by atoms with Gasteiger partial charge < -0.3 is 11.1 Å². The molecule has 0 amide bonds. The van der Waals surface area contributed by atoms with Crippen LogP contribution in [0.25, 0.3) is 0 Å². The molecule has 0 bridgehead atoms. The summed E-state index contributed by atoms with van der Waals surface area (Å²) < 4.78 is 5.90. The molecule has 80 valence electrons. The van der Waals surface area contributed by atoms with Crippen molar-refractivity contribution < 1.29 is 0 Å². The summed E-state index contributed by atoms with van der Waals surface area (Å²) in [5.41, 5.74) is 5.51. The summed E-state index contributed by atoms with van der Waals surface area (Å²) in [6, 6.07) is 3.77. The Kier molecular flexibility index (Phi) is 3.18. The van der Waals surface area contributed by atoms with Crippen LogP contribution in [0.5, 0.6) is 0 Å². The molecule has 2 rings (SSSR count). The number of aryl methyl sites for hydroxylation is 1. The quantitative estimate of drug-likeness (QED) is 0.752. The summed E-state index contributed by atoms with van der Waals surface area (Å²) in [7, 11) is 0.